The summed E-state index contributed by atoms with van der Waals surface area (Å²) in [6, 6.07) is 9.68. The van der Waals surface area contributed by atoms with E-state index >= 15 is 0 Å². The van der Waals surface area contributed by atoms with Gasteiger partial charge in [-0.1, -0.05) is 36.9 Å². The molecule has 0 saturated carbocycles. The standard InChI is InChI=1S/C16H15NO/c1-3-7-12(4-2)10-16(18)15-11-13-8-5-6-9-14(13)17-15/h3-6,8-11,17H,1-2,7H2/b12-10-. The van der Waals surface area contributed by atoms with Crippen LogP contribution in [0.15, 0.2) is 67.3 Å². The minimum Gasteiger partial charge on any atom is -0.352 e. The molecular weight excluding hydrogens is 222 g/mol. The van der Waals surface area contributed by atoms with Crippen LogP contribution >= 0.6 is 0 Å². The Kier molecular flexibility index (Phi) is 3.58. The van der Waals surface area contributed by atoms with Crippen LogP contribution in [-0.2, 0) is 0 Å². The van der Waals surface area contributed by atoms with Crippen molar-refractivity contribution < 1.29 is 4.79 Å². The zero-order valence-electron chi connectivity index (χ0n) is 10.1. The highest BCUT2D eigenvalue weighted by Crippen LogP contribution is 2.16. The largest absolute Gasteiger partial charge is 0.352 e. The van der Waals surface area contributed by atoms with Crippen molar-refractivity contribution in [2.75, 3.05) is 0 Å². The molecule has 2 aromatic rings. The van der Waals surface area contributed by atoms with E-state index < -0.39 is 0 Å². The lowest BCUT2D eigenvalue weighted by Gasteiger charge is -1.96. The van der Waals surface area contributed by atoms with Crippen LogP contribution in [0.4, 0.5) is 0 Å². The lowest BCUT2D eigenvalue weighted by atomic mass is 10.1. The van der Waals surface area contributed by atoms with Gasteiger partial charge >= 0.3 is 0 Å². The summed E-state index contributed by atoms with van der Waals surface area (Å²) in [6.45, 7) is 7.35. The summed E-state index contributed by atoms with van der Waals surface area (Å²) in [4.78, 5) is 15.2. The summed E-state index contributed by atoms with van der Waals surface area (Å²) < 4.78 is 0. The maximum Gasteiger partial charge on any atom is 0.202 e. The zero-order valence-corrected chi connectivity index (χ0v) is 10.1. The molecular formula is C16H15NO. The third-order valence-corrected chi connectivity index (χ3v) is 2.75. The first-order valence-electron chi connectivity index (χ1n) is 5.80. The Bertz CT molecular complexity index is 598. The molecule has 0 aliphatic heterocycles. The van der Waals surface area contributed by atoms with Gasteiger partial charge in [-0.15, -0.1) is 6.58 Å². The van der Waals surface area contributed by atoms with Crippen LogP contribution < -0.4 is 0 Å². The molecule has 1 aromatic carbocycles. The summed E-state index contributed by atoms with van der Waals surface area (Å²) >= 11 is 0. The van der Waals surface area contributed by atoms with Crippen molar-refractivity contribution >= 4 is 16.7 Å². The molecule has 1 N–H and O–H groups in total. The Morgan fingerprint density at radius 2 is 2.06 bits per heavy atom. The Hall–Kier alpha value is -2.35. The van der Waals surface area contributed by atoms with Crippen molar-refractivity contribution in [1.29, 1.82) is 0 Å². The fourth-order valence-corrected chi connectivity index (χ4v) is 1.82. The molecule has 0 bridgehead atoms. The number of aromatic amines is 1. The highest BCUT2D eigenvalue weighted by atomic mass is 16.1. The minimum absolute atomic E-state index is 0.0389. The van der Waals surface area contributed by atoms with E-state index in [1.54, 1.807) is 18.2 Å². The lowest BCUT2D eigenvalue weighted by Crippen LogP contribution is -1.95. The number of allylic oxidation sites excluding steroid dienone is 4. The van der Waals surface area contributed by atoms with E-state index in [0.29, 0.717) is 12.1 Å². The molecule has 0 aliphatic carbocycles. The highest BCUT2D eigenvalue weighted by molar-refractivity contribution is 6.06. The van der Waals surface area contributed by atoms with E-state index in [9.17, 15) is 4.79 Å². The van der Waals surface area contributed by atoms with Crippen LogP contribution in [0.5, 0.6) is 0 Å². The predicted octanol–water partition coefficient (Wildman–Crippen LogP) is 4.04. The average molecular weight is 237 g/mol. The van der Waals surface area contributed by atoms with Gasteiger partial charge in [-0.05, 0) is 30.2 Å². The normalized spacial score (nSPS) is 11.4. The van der Waals surface area contributed by atoms with E-state index in [2.05, 4.69) is 18.1 Å². The fourth-order valence-electron chi connectivity index (χ4n) is 1.82. The zero-order chi connectivity index (χ0) is 13.0. The van der Waals surface area contributed by atoms with E-state index in [0.717, 1.165) is 16.5 Å². The SMILES string of the molecule is C=CC/C(C=C)=C\C(=O)c1cc2ccccc2[nH]1. The molecule has 0 amide bonds. The monoisotopic (exact) mass is 237 g/mol. The van der Waals surface area contributed by atoms with Crippen LogP contribution in [0, 0.1) is 0 Å². The summed E-state index contributed by atoms with van der Waals surface area (Å²) in [5.41, 5.74) is 2.44. The quantitative estimate of drug-likeness (QED) is 0.362. The molecule has 0 unspecified atom stereocenters. The number of para-hydroxylation sites is 1. The first kappa shape index (κ1) is 12.1. The number of H-pyrrole nitrogens is 1. The van der Waals surface area contributed by atoms with Crippen molar-refractivity contribution in [3.63, 3.8) is 0 Å². The molecule has 0 spiro atoms. The van der Waals surface area contributed by atoms with Gasteiger partial charge in [-0.25, -0.2) is 0 Å². The van der Waals surface area contributed by atoms with E-state index in [1.807, 2.05) is 30.3 Å². The van der Waals surface area contributed by atoms with Crippen molar-refractivity contribution in [3.05, 3.63) is 73.0 Å². The van der Waals surface area contributed by atoms with Crippen molar-refractivity contribution in [1.82, 2.24) is 4.98 Å². The summed E-state index contributed by atoms with van der Waals surface area (Å²) in [5.74, 6) is -0.0389. The summed E-state index contributed by atoms with van der Waals surface area (Å²) in [5, 5.41) is 1.04. The lowest BCUT2D eigenvalue weighted by molar-refractivity contribution is 0.104. The molecule has 18 heavy (non-hydrogen) atoms. The van der Waals surface area contributed by atoms with Gasteiger partial charge in [0.2, 0.25) is 5.78 Å². The highest BCUT2D eigenvalue weighted by Gasteiger charge is 2.07. The molecule has 0 atom stereocenters. The number of ketones is 1. The first-order chi connectivity index (χ1) is 8.74. The molecule has 2 nitrogen and oxygen atoms in total. The van der Waals surface area contributed by atoms with Crippen LogP contribution in [-0.4, -0.2) is 10.8 Å². The van der Waals surface area contributed by atoms with Crippen LogP contribution in [0.25, 0.3) is 10.9 Å². The summed E-state index contributed by atoms with van der Waals surface area (Å²) in [6.07, 6.45) is 5.68. The second-order valence-corrected chi connectivity index (χ2v) is 4.05. The Morgan fingerprint density at radius 1 is 1.28 bits per heavy atom. The van der Waals surface area contributed by atoms with Gasteiger partial charge in [-0.2, -0.15) is 0 Å². The number of aromatic nitrogens is 1. The number of hydrogen-bond acceptors (Lipinski definition) is 1. The van der Waals surface area contributed by atoms with Gasteiger partial charge in [0, 0.05) is 10.9 Å². The number of nitrogens with one attached hydrogen (secondary N) is 1. The molecule has 2 heteroatoms. The van der Waals surface area contributed by atoms with Gasteiger partial charge in [0.1, 0.15) is 0 Å². The number of benzene rings is 1. The first-order valence-corrected chi connectivity index (χ1v) is 5.80. The van der Waals surface area contributed by atoms with Gasteiger partial charge in [0.25, 0.3) is 0 Å². The molecule has 0 aliphatic rings. The number of rotatable bonds is 5. The van der Waals surface area contributed by atoms with E-state index in [-0.39, 0.29) is 5.78 Å². The molecule has 0 radical (unpaired) electrons. The van der Waals surface area contributed by atoms with Crippen molar-refractivity contribution in [2.45, 2.75) is 6.42 Å². The van der Waals surface area contributed by atoms with Gasteiger partial charge in [-0.3, -0.25) is 4.79 Å². The average Bonchev–Trinajstić information content (AvgIpc) is 2.82. The molecule has 1 aromatic heterocycles. The molecule has 1 heterocycles. The smallest absolute Gasteiger partial charge is 0.202 e. The predicted molar refractivity (Wildman–Crippen MR) is 75.7 cm³/mol. The Morgan fingerprint density at radius 3 is 2.72 bits per heavy atom. The third-order valence-electron chi connectivity index (χ3n) is 2.75. The maximum atomic E-state index is 12.1. The van der Waals surface area contributed by atoms with Gasteiger partial charge in [0.05, 0.1) is 5.69 Å². The van der Waals surface area contributed by atoms with Gasteiger partial charge in [0.15, 0.2) is 0 Å². The van der Waals surface area contributed by atoms with E-state index in [1.165, 1.54) is 0 Å². The number of hydrogen-bond donors (Lipinski definition) is 1. The molecule has 0 fully saturated rings. The maximum absolute atomic E-state index is 12.1. The third kappa shape index (κ3) is 2.48. The second kappa shape index (κ2) is 5.32. The Balaban J connectivity index is 2.33. The molecule has 90 valence electrons. The second-order valence-electron chi connectivity index (χ2n) is 4.05. The van der Waals surface area contributed by atoms with Gasteiger partial charge < -0.3 is 4.98 Å². The Labute approximate surface area is 106 Å². The molecule has 0 saturated heterocycles. The van der Waals surface area contributed by atoms with Crippen LogP contribution in [0.1, 0.15) is 16.9 Å². The topological polar surface area (TPSA) is 32.9 Å². The van der Waals surface area contributed by atoms with Crippen LogP contribution in [0.2, 0.25) is 0 Å². The van der Waals surface area contributed by atoms with E-state index in [4.69, 9.17) is 0 Å². The summed E-state index contributed by atoms with van der Waals surface area (Å²) in [7, 11) is 0. The molecule has 2 rings (SSSR count). The number of carbonyl (C=O) groups is 1. The minimum atomic E-state index is -0.0389. The number of carbonyl (C=O) groups excluding carboxylic acids is 1. The van der Waals surface area contributed by atoms with Crippen molar-refractivity contribution in [3.8, 4) is 0 Å². The fraction of sp³-hybridized carbons (Fsp3) is 0.0625. The van der Waals surface area contributed by atoms with Crippen LogP contribution in [0.3, 0.4) is 0 Å². The number of fused-ring (bicyclic) bond motifs is 1. The van der Waals surface area contributed by atoms with Crippen molar-refractivity contribution in [2.24, 2.45) is 0 Å².